The van der Waals surface area contributed by atoms with Gasteiger partial charge < -0.3 is 10.7 Å². The summed E-state index contributed by atoms with van der Waals surface area (Å²) in [7, 11) is 0. The van der Waals surface area contributed by atoms with Gasteiger partial charge in [-0.15, -0.1) is 0 Å². The Morgan fingerprint density at radius 2 is 1.94 bits per heavy atom. The van der Waals surface area contributed by atoms with Gasteiger partial charge in [-0.1, -0.05) is 0 Å². The fourth-order valence-corrected chi connectivity index (χ4v) is 3.30. The Bertz CT molecular complexity index is 456. The van der Waals surface area contributed by atoms with Crippen molar-refractivity contribution in [2.24, 2.45) is 5.73 Å². The number of rotatable bonds is 2. The van der Waals surface area contributed by atoms with Gasteiger partial charge in [0.1, 0.15) is 0 Å². The van der Waals surface area contributed by atoms with Crippen molar-refractivity contribution >= 4 is 0 Å². The van der Waals surface area contributed by atoms with Crippen molar-refractivity contribution in [2.75, 3.05) is 13.1 Å². The molecule has 4 heteroatoms. The van der Waals surface area contributed by atoms with Crippen molar-refractivity contribution in [3.8, 4) is 0 Å². The number of pyridine rings is 1. The van der Waals surface area contributed by atoms with Crippen LogP contribution in [0, 0.1) is 0 Å². The summed E-state index contributed by atoms with van der Waals surface area (Å²) in [6, 6.07) is 4.45. The molecule has 0 atom stereocenters. The second kappa shape index (κ2) is 4.86. The number of nitrogens with one attached hydrogen (secondary N) is 1. The predicted molar refractivity (Wildman–Crippen MR) is 71.6 cm³/mol. The summed E-state index contributed by atoms with van der Waals surface area (Å²) in [6.45, 7) is 2.13. The van der Waals surface area contributed by atoms with E-state index in [0.29, 0.717) is 12.0 Å². The van der Waals surface area contributed by atoms with Gasteiger partial charge in [-0.3, -0.25) is 9.69 Å². The fraction of sp³-hybridized carbons (Fsp3) is 0.643. The van der Waals surface area contributed by atoms with Crippen LogP contribution in [0.2, 0.25) is 0 Å². The number of H-pyrrole nitrogens is 1. The molecule has 0 bridgehead atoms. The highest BCUT2D eigenvalue weighted by Gasteiger charge is 2.33. The Balaban J connectivity index is 1.58. The van der Waals surface area contributed by atoms with E-state index in [2.05, 4.69) is 9.88 Å². The van der Waals surface area contributed by atoms with Gasteiger partial charge in [0.25, 0.3) is 0 Å². The zero-order valence-electron chi connectivity index (χ0n) is 10.6. The minimum Gasteiger partial charge on any atom is -0.365 e. The minimum absolute atomic E-state index is 0.111. The maximum atomic E-state index is 11.4. The average Bonchev–Trinajstić information content (AvgIpc) is 2.35. The van der Waals surface area contributed by atoms with Crippen LogP contribution in [0.4, 0.5) is 0 Å². The van der Waals surface area contributed by atoms with Crippen LogP contribution < -0.4 is 11.2 Å². The zero-order chi connectivity index (χ0) is 12.5. The highest BCUT2D eigenvalue weighted by molar-refractivity contribution is 5.11. The zero-order valence-corrected chi connectivity index (χ0v) is 10.6. The molecule has 18 heavy (non-hydrogen) atoms. The van der Waals surface area contributed by atoms with Crippen LogP contribution in [-0.2, 0) is 0 Å². The molecule has 1 aromatic heterocycles. The van der Waals surface area contributed by atoms with E-state index < -0.39 is 0 Å². The first-order chi connectivity index (χ1) is 8.72. The Morgan fingerprint density at radius 1 is 1.22 bits per heavy atom. The SMILES string of the molecule is NC1CN(C2CCC(c3cc(=O)cc[nH]3)CC2)C1. The second-order valence-electron chi connectivity index (χ2n) is 5.70. The molecule has 0 aromatic carbocycles. The molecule has 1 aliphatic heterocycles. The molecule has 0 amide bonds. The van der Waals surface area contributed by atoms with E-state index >= 15 is 0 Å². The normalized spacial score (nSPS) is 30.1. The maximum Gasteiger partial charge on any atom is 0.181 e. The minimum atomic E-state index is 0.111. The fourth-order valence-electron chi connectivity index (χ4n) is 3.30. The van der Waals surface area contributed by atoms with Crippen molar-refractivity contribution in [1.29, 1.82) is 0 Å². The van der Waals surface area contributed by atoms with Gasteiger partial charge in [0.05, 0.1) is 0 Å². The van der Waals surface area contributed by atoms with Crippen molar-refractivity contribution in [3.05, 3.63) is 34.2 Å². The molecular weight excluding hydrogens is 226 g/mol. The lowest BCUT2D eigenvalue weighted by atomic mass is 9.82. The first kappa shape index (κ1) is 11.9. The molecule has 3 N–H and O–H groups in total. The largest absolute Gasteiger partial charge is 0.365 e. The lowest BCUT2D eigenvalue weighted by Gasteiger charge is -2.45. The molecule has 1 saturated carbocycles. The standard InChI is InChI=1S/C14H21N3O/c15-11-8-17(9-11)12-3-1-10(2-4-12)14-7-13(18)5-6-16-14/h5-7,10-12H,1-4,8-9,15H2,(H,16,18). The maximum absolute atomic E-state index is 11.4. The third kappa shape index (κ3) is 2.35. The van der Waals surface area contributed by atoms with Crippen molar-refractivity contribution in [1.82, 2.24) is 9.88 Å². The molecular formula is C14H21N3O. The highest BCUT2D eigenvalue weighted by atomic mass is 16.1. The van der Waals surface area contributed by atoms with Crippen LogP contribution in [-0.4, -0.2) is 35.1 Å². The monoisotopic (exact) mass is 247 g/mol. The van der Waals surface area contributed by atoms with E-state index in [1.165, 1.54) is 25.7 Å². The van der Waals surface area contributed by atoms with E-state index in [9.17, 15) is 4.79 Å². The molecule has 3 rings (SSSR count). The Morgan fingerprint density at radius 3 is 2.56 bits per heavy atom. The van der Waals surface area contributed by atoms with Crippen LogP contribution in [0.1, 0.15) is 37.3 Å². The summed E-state index contributed by atoms with van der Waals surface area (Å²) < 4.78 is 0. The van der Waals surface area contributed by atoms with E-state index in [1.54, 1.807) is 18.3 Å². The summed E-state index contributed by atoms with van der Waals surface area (Å²) in [4.78, 5) is 17.1. The van der Waals surface area contributed by atoms with Gasteiger partial charge in [0, 0.05) is 49.2 Å². The average molecular weight is 247 g/mol. The molecule has 98 valence electrons. The van der Waals surface area contributed by atoms with E-state index in [1.807, 2.05) is 0 Å². The summed E-state index contributed by atoms with van der Waals surface area (Å²) in [6.07, 6.45) is 6.58. The summed E-state index contributed by atoms with van der Waals surface area (Å²) in [5.74, 6) is 0.532. The van der Waals surface area contributed by atoms with Gasteiger partial charge in [-0.2, -0.15) is 0 Å². The van der Waals surface area contributed by atoms with Crippen LogP contribution in [0.15, 0.2) is 23.1 Å². The van der Waals surface area contributed by atoms with Crippen molar-refractivity contribution in [3.63, 3.8) is 0 Å². The number of aromatic nitrogens is 1. The Labute approximate surface area is 107 Å². The number of hydrogen-bond acceptors (Lipinski definition) is 3. The molecule has 2 aliphatic rings. The quantitative estimate of drug-likeness (QED) is 0.821. The molecule has 0 unspecified atom stereocenters. The van der Waals surface area contributed by atoms with Crippen molar-refractivity contribution < 1.29 is 0 Å². The van der Waals surface area contributed by atoms with Crippen molar-refractivity contribution in [2.45, 2.75) is 43.7 Å². The smallest absolute Gasteiger partial charge is 0.181 e. The lowest BCUT2D eigenvalue weighted by molar-refractivity contribution is 0.0676. The number of nitrogens with two attached hydrogens (primary N) is 1. The number of aromatic amines is 1. The molecule has 1 saturated heterocycles. The molecule has 1 aromatic rings. The summed E-state index contributed by atoms with van der Waals surface area (Å²) in [5.41, 5.74) is 7.05. The van der Waals surface area contributed by atoms with E-state index in [4.69, 9.17) is 5.73 Å². The molecule has 4 nitrogen and oxygen atoms in total. The molecule has 0 radical (unpaired) electrons. The van der Waals surface area contributed by atoms with Gasteiger partial charge in [0.2, 0.25) is 0 Å². The van der Waals surface area contributed by atoms with Gasteiger partial charge >= 0.3 is 0 Å². The second-order valence-corrected chi connectivity index (χ2v) is 5.70. The number of likely N-dealkylation sites (tertiary alicyclic amines) is 1. The molecule has 1 aliphatic carbocycles. The first-order valence-corrected chi connectivity index (χ1v) is 6.90. The number of hydrogen-bond donors (Lipinski definition) is 2. The van der Waals surface area contributed by atoms with Crippen LogP contribution in [0.5, 0.6) is 0 Å². The third-order valence-electron chi connectivity index (χ3n) is 4.39. The molecule has 0 spiro atoms. The van der Waals surface area contributed by atoms with Gasteiger partial charge in [-0.25, -0.2) is 0 Å². The van der Waals surface area contributed by atoms with E-state index in [-0.39, 0.29) is 5.43 Å². The van der Waals surface area contributed by atoms with Crippen LogP contribution in [0.3, 0.4) is 0 Å². The third-order valence-corrected chi connectivity index (χ3v) is 4.39. The Hall–Kier alpha value is -1.13. The highest BCUT2D eigenvalue weighted by Crippen LogP contribution is 2.34. The summed E-state index contributed by atoms with van der Waals surface area (Å²) in [5, 5.41) is 0. The van der Waals surface area contributed by atoms with Crippen LogP contribution >= 0.6 is 0 Å². The predicted octanol–water partition coefficient (Wildman–Crippen LogP) is 1.04. The Kier molecular flexibility index (Phi) is 3.22. The lowest BCUT2D eigenvalue weighted by Crippen LogP contribution is -2.59. The first-order valence-electron chi connectivity index (χ1n) is 6.90. The van der Waals surface area contributed by atoms with E-state index in [0.717, 1.165) is 24.8 Å². The van der Waals surface area contributed by atoms with Crippen LogP contribution in [0.25, 0.3) is 0 Å². The van der Waals surface area contributed by atoms with Gasteiger partial charge in [0.15, 0.2) is 5.43 Å². The summed E-state index contributed by atoms with van der Waals surface area (Å²) >= 11 is 0. The van der Waals surface area contributed by atoms with Gasteiger partial charge in [-0.05, 0) is 31.6 Å². The molecule has 2 heterocycles. The number of nitrogens with zero attached hydrogens (tertiary/aromatic N) is 1. The topological polar surface area (TPSA) is 62.1 Å². The molecule has 2 fully saturated rings.